The maximum atomic E-state index is 14.0. The monoisotopic (exact) mass is 456 g/mol. The molecule has 2 aliphatic carbocycles. The third-order valence-electron chi connectivity index (χ3n) is 7.30. The Bertz CT molecular complexity index is 900. The molecule has 0 saturated heterocycles. The zero-order chi connectivity index (χ0) is 24.2. The zero-order valence-electron chi connectivity index (χ0n) is 19.8. The van der Waals surface area contributed by atoms with Gasteiger partial charge >= 0.3 is 0 Å². The summed E-state index contributed by atoms with van der Waals surface area (Å²) in [7, 11) is 1.75. The Labute approximate surface area is 196 Å². The summed E-state index contributed by atoms with van der Waals surface area (Å²) in [4.78, 5) is 15.4. The van der Waals surface area contributed by atoms with Crippen LogP contribution in [-0.2, 0) is 20.7 Å². The van der Waals surface area contributed by atoms with E-state index in [1.54, 1.807) is 7.11 Å². The minimum absolute atomic E-state index is 0.0587. The standard InChI is InChI=1S/C25H36N4O4/c1-16-12-25(13-17(2)22(16)32-3)14-19-6-5-18(15-26)11-20(19)21(25)23(31)29(24(27)28)7-4-9-33-10-8-30/h5-6,11,16-17,21-22,30H,4,7-10,12-14H2,1-3H3,(H3,27,28)/t16-,17+,21-,22?,25?/m0/s1. The third kappa shape index (κ3) is 5.06. The molecule has 3 rings (SSSR count). The zero-order valence-corrected chi connectivity index (χ0v) is 19.8. The van der Waals surface area contributed by atoms with Crippen LogP contribution < -0.4 is 5.73 Å². The predicted molar refractivity (Wildman–Crippen MR) is 125 cm³/mol. The van der Waals surface area contributed by atoms with Crippen LogP contribution in [0.1, 0.15) is 55.7 Å². The van der Waals surface area contributed by atoms with Gasteiger partial charge < -0.3 is 20.3 Å². The fraction of sp³-hybridized carbons (Fsp3) is 0.640. The van der Waals surface area contributed by atoms with Gasteiger partial charge in [-0.2, -0.15) is 5.26 Å². The number of aliphatic hydroxyl groups is 1. The molecule has 1 aromatic rings. The number of hydrogen-bond donors (Lipinski definition) is 3. The van der Waals surface area contributed by atoms with Gasteiger partial charge in [0, 0.05) is 20.3 Å². The molecule has 2 aliphatic rings. The van der Waals surface area contributed by atoms with Crippen molar-refractivity contribution in [3.05, 3.63) is 34.9 Å². The van der Waals surface area contributed by atoms with Crippen molar-refractivity contribution in [3.63, 3.8) is 0 Å². The summed E-state index contributed by atoms with van der Waals surface area (Å²) in [6.07, 6.45) is 3.06. The van der Waals surface area contributed by atoms with Gasteiger partial charge in [-0.05, 0) is 66.2 Å². The van der Waals surface area contributed by atoms with Crippen molar-refractivity contribution in [1.82, 2.24) is 4.90 Å². The molecule has 1 amide bonds. The fourth-order valence-electron chi connectivity index (χ4n) is 6.30. The summed E-state index contributed by atoms with van der Waals surface area (Å²) in [5.74, 6) is -0.388. The van der Waals surface area contributed by atoms with Crippen LogP contribution >= 0.6 is 0 Å². The van der Waals surface area contributed by atoms with Gasteiger partial charge in [-0.25, -0.2) is 0 Å². The molecule has 0 aliphatic heterocycles. The van der Waals surface area contributed by atoms with E-state index in [1.807, 2.05) is 18.2 Å². The number of hydrogen-bond acceptors (Lipinski definition) is 6. The molecule has 0 radical (unpaired) electrons. The number of nitrogens with zero attached hydrogens (tertiary/aromatic N) is 2. The second kappa shape index (κ2) is 10.6. The van der Waals surface area contributed by atoms with Crippen LogP contribution in [0, 0.1) is 34.0 Å². The molecule has 8 nitrogen and oxygen atoms in total. The molecule has 1 spiro atoms. The molecule has 33 heavy (non-hydrogen) atoms. The lowest BCUT2D eigenvalue weighted by molar-refractivity contribution is -0.135. The smallest absolute Gasteiger partial charge is 0.237 e. The van der Waals surface area contributed by atoms with E-state index in [2.05, 4.69) is 19.9 Å². The molecule has 2 unspecified atom stereocenters. The van der Waals surface area contributed by atoms with E-state index in [4.69, 9.17) is 25.7 Å². The number of carbonyl (C=O) groups excluding carboxylic acids is 1. The van der Waals surface area contributed by atoms with Gasteiger partial charge in [-0.1, -0.05) is 19.9 Å². The average molecular weight is 457 g/mol. The lowest BCUT2D eigenvalue weighted by Gasteiger charge is -2.48. The first-order valence-corrected chi connectivity index (χ1v) is 11.7. The number of methoxy groups -OCH3 is 1. The molecular weight excluding hydrogens is 420 g/mol. The molecule has 1 saturated carbocycles. The van der Waals surface area contributed by atoms with Gasteiger partial charge in [0.05, 0.1) is 36.9 Å². The van der Waals surface area contributed by atoms with Crippen LogP contribution in [0.5, 0.6) is 0 Å². The van der Waals surface area contributed by atoms with Crippen molar-refractivity contribution in [1.29, 1.82) is 10.7 Å². The second-order valence-electron chi connectivity index (χ2n) is 9.63. The van der Waals surface area contributed by atoms with Gasteiger partial charge in [0.25, 0.3) is 0 Å². The summed E-state index contributed by atoms with van der Waals surface area (Å²) in [6.45, 7) is 5.17. The Hall–Kier alpha value is -2.47. The largest absolute Gasteiger partial charge is 0.394 e. The number of fused-ring (bicyclic) bond motifs is 1. The lowest BCUT2D eigenvalue weighted by Crippen LogP contribution is -2.51. The van der Waals surface area contributed by atoms with Crippen molar-refractivity contribution in [2.75, 3.05) is 33.5 Å². The van der Waals surface area contributed by atoms with E-state index in [0.717, 1.165) is 30.4 Å². The molecule has 180 valence electrons. The number of nitrogens with two attached hydrogens (primary N) is 1. The van der Waals surface area contributed by atoms with E-state index in [0.29, 0.717) is 18.6 Å². The van der Waals surface area contributed by atoms with Gasteiger partial charge in [-0.3, -0.25) is 15.1 Å². The van der Waals surface area contributed by atoms with Crippen LogP contribution in [-0.4, -0.2) is 61.5 Å². The molecule has 8 heteroatoms. The molecule has 4 N–H and O–H groups in total. The maximum absolute atomic E-state index is 14.0. The number of aliphatic hydroxyl groups excluding tert-OH is 1. The molecule has 5 atom stereocenters. The van der Waals surface area contributed by atoms with Crippen molar-refractivity contribution in [3.8, 4) is 6.07 Å². The Morgan fingerprint density at radius 3 is 2.61 bits per heavy atom. The van der Waals surface area contributed by atoms with Crippen LogP contribution in [0.2, 0.25) is 0 Å². The molecule has 1 fully saturated rings. The number of amides is 1. The highest BCUT2D eigenvalue weighted by Crippen LogP contribution is 2.58. The number of rotatable bonds is 8. The SMILES string of the molecule is COC1[C@H](C)CC2(Cc3ccc(C#N)cc3[C@H]2C(=O)N(CCCOCCO)C(=N)N)C[C@@H]1C. The first kappa shape index (κ1) is 25.2. The van der Waals surface area contributed by atoms with Gasteiger partial charge in [-0.15, -0.1) is 0 Å². The highest BCUT2D eigenvalue weighted by atomic mass is 16.5. The number of carbonyl (C=O) groups is 1. The number of nitrogens with one attached hydrogen (secondary N) is 1. The second-order valence-corrected chi connectivity index (χ2v) is 9.63. The number of nitriles is 1. The van der Waals surface area contributed by atoms with Crippen LogP contribution in [0.25, 0.3) is 0 Å². The van der Waals surface area contributed by atoms with Crippen molar-refractivity contribution in [2.24, 2.45) is 23.0 Å². The Morgan fingerprint density at radius 2 is 2.03 bits per heavy atom. The number of benzene rings is 1. The molecule has 0 aromatic heterocycles. The fourth-order valence-corrected chi connectivity index (χ4v) is 6.30. The first-order chi connectivity index (χ1) is 15.8. The number of ether oxygens (including phenoxy) is 2. The Morgan fingerprint density at radius 1 is 1.33 bits per heavy atom. The van der Waals surface area contributed by atoms with Gasteiger partial charge in [0.2, 0.25) is 5.91 Å². The highest BCUT2D eigenvalue weighted by molar-refractivity contribution is 5.99. The maximum Gasteiger partial charge on any atom is 0.237 e. The predicted octanol–water partition coefficient (Wildman–Crippen LogP) is 2.39. The lowest BCUT2D eigenvalue weighted by atomic mass is 9.59. The summed E-state index contributed by atoms with van der Waals surface area (Å²) < 4.78 is 11.1. The van der Waals surface area contributed by atoms with E-state index in [9.17, 15) is 10.1 Å². The summed E-state index contributed by atoms with van der Waals surface area (Å²) in [5.41, 5.74) is 8.08. The first-order valence-electron chi connectivity index (χ1n) is 11.7. The molecule has 0 heterocycles. The topological polar surface area (TPSA) is 133 Å². The molecule has 1 aromatic carbocycles. The molecule has 0 bridgehead atoms. The number of guanidine groups is 1. The van der Waals surface area contributed by atoms with Gasteiger partial charge in [0.1, 0.15) is 0 Å². The minimum atomic E-state index is -0.467. The normalized spacial score (nSPS) is 28.3. The highest BCUT2D eigenvalue weighted by Gasteiger charge is 2.55. The Balaban J connectivity index is 1.96. The van der Waals surface area contributed by atoms with E-state index < -0.39 is 5.92 Å². The van der Waals surface area contributed by atoms with Gasteiger partial charge in [0.15, 0.2) is 5.96 Å². The third-order valence-corrected chi connectivity index (χ3v) is 7.30. The van der Waals surface area contributed by atoms with E-state index in [1.165, 1.54) is 4.90 Å². The van der Waals surface area contributed by atoms with Crippen molar-refractivity contribution < 1.29 is 19.4 Å². The van der Waals surface area contributed by atoms with Crippen LogP contribution in [0.15, 0.2) is 18.2 Å². The van der Waals surface area contributed by atoms with Crippen molar-refractivity contribution in [2.45, 2.75) is 51.6 Å². The quantitative estimate of drug-likeness (QED) is 0.312. The minimum Gasteiger partial charge on any atom is -0.394 e. The Kier molecular flexibility index (Phi) is 8.11. The van der Waals surface area contributed by atoms with Crippen LogP contribution in [0.3, 0.4) is 0 Å². The van der Waals surface area contributed by atoms with E-state index in [-0.39, 0.29) is 55.0 Å². The van der Waals surface area contributed by atoms with Crippen molar-refractivity contribution >= 4 is 11.9 Å². The van der Waals surface area contributed by atoms with E-state index >= 15 is 0 Å². The summed E-state index contributed by atoms with van der Waals surface area (Å²) in [5, 5.41) is 26.5. The summed E-state index contributed by atoms with van der Waals surface area (Å²) >= 11 is 0. The van der Waals surface area contributed by atoms with Crippen LogP contribution in [0.4, 0.5) is 0 Å². The summed E-state index contributed by atoms with van der Waals surface area (Å²) in [6, 6.07) is 7.83. The average Bonchev–Trinajstić information content (AvgIpc) is 3.06. The molecular formula is C25H36N4O4.